The fourth-order valence-electron chi connectivity index (χ4n) is 2.78. The number of aromatic nitrogens is 4. The first-order chi connectivity index (χ1) is 11.7. The van der Waals surface area contributed by atoms with E-state index in [9.17, 15) is 4.79 Å². The lowest BCUT2D eigenvalue weighted by molar-refractivity contribution is 0.0955. The van der Waals surface area contributed by atoms with Crippen molar-refractivity contribution in [3.05, 3.63) is 29.7 Å². The van der Waals surface area contributed by atoms with E-state index < -0.39 is 0 Å². The molecule has 1 amide bonds. The molecule has 0 spiro atoms. The number of nitrogens with zero attached hydrogens (tertiary/aromatic N) is 4. The van der Waals surface area contributed by atoms with Crippen molar-refractivity contribution in [1.29, 1.82) is 0 Å². The number of pyridine rings is 1. The first-order valence-electron chi connectivity index (χ1n) is 8.21. The number of carbonyl (C=O) groups is 1. The second-order valence-electron chi connectivity index (χ2n) is 5.77. The van der Waals surface area contributed by atoms with Crippen molar-refractivity contribution in [2.24, 2.45) is 7.05 Å². The average Bonchev–Trinajstić information content (AvgIpc) is 2.97. The summed E-state index contributed by atoms with van der Waals surface area (Å²) in [5.41, 5.74) is 0.564. The van der Waals surface area contributed by atoms with Gasteiger partial charge in [-0.25, -0.2) is 4.98 Å². The fourth-order valence-corrected chi connectivity index (χ4v) is 3.52. The van der Waals surface area contributed by atoms with Crippen LogP contribution in [0.4, 0.5) is 0 Å². The Morgan fingerprint density at radius 1 is 1.38 bits per heavy atom. The Kier molecular flexibility index (Phi) is 5.47. The number of piperidine rings is 1. The van der Waals surface area contributed by atoms with E-state index in [0.29, 0.717) is 18.0 Å². The van der Waals surface area contributed by atoms with Crippen LogP contribution in [-0.2, 0) is 7.05 Å². The zero-order valence-corrected chi connectivity index (χ0v) is 14.8. The minimum Gasteiger partial charge on any atom is -0.352 e. The van der Waals surface area contributed by atoms with E-state index >= 15 is 0 Å². The van der Waals surface area contributed by atoms with Crippen LogP contribution in [0, 0.1) is 0 Å². The lowest BCUT2D eigenvalue weighted by Gasteiger charge is -2.21. The predicted molar refractivity (Wildman–Crippen MR) is 92.2 cm³/mol. The van der Waals surface area contributed by atoms with Crippen LogP contribution in [0.15, 0.2) is 28.5 Å². The molecule has 0 atom stereocenters. The Balaban J connectivity index is 1.70. The Morgan fingerprint density at radius 3 is 2.83 bits per heavy atom. The molecule has 24 heavy (non-hydrogen) atoms. The Morgan fingerprint density at radius 2 is 2.17 bits per heavy atom. The first-order valence-corrected chi connectivity index (χ1v) is 9.02. The smallest absolute Gasteiger partial charge is 0.252 e. The molecular weight excluding hydrogens is 324 g/mol. The highest BCUT2D eigenvalue weighted by Gasteiger charge is 2.22. The van der Waals surface area contributed by atoms with E-state index in [-0.39, 0.29) is 5.91 Å². The zero-order chi connectivity index (χ0) is 16.9. The summed E-state index contributed by atoms with van der Waals surface area (Å²) in [6.07, 6.45) is 3.78. The standard InChI is InChI=1S/C16H22N6OS/c1-3-18-15(23)12-4-5-13(19-10-12)24-16-21-20-14(22(16)2)11-6-8-17-9-7-11/h4-5,10-11,17H,3,6-9H2,1-2H3,(H,18,23). The molecule has 1 saturated heterocycles. The summed E-state index contributed by atoms with van der Waals surface area (Å²) in [5, 5.41) is 16.4. The molecule has 3 rings (SSSR count). The van der Waals surface area contributed by atoms with Gasteiger partial charge in [0.15, 0.2) is 5.16 Å². The number of hydrogen-bond acceptors (Lipinski definition) is 6. The van der Waals surface area contributed by atoms with E-state index in [0.717, 1.165) is 41.9 Å². The minimum absolute atomic E-state index is 0.103. The summed E-state index contributed by atoms with van der Waals surface area (Å²) < 4.78 is 2.06. The molecule has 0 unspecified atom stereocenters. The van der Waals surface area contributed by atoms with Gasteiger partial charge < -0.3 is 15.2 Å². The maximum atomic E-state index is 11.8. The van der Waals surface area contributed by atoms with Crippen LogP contribution in [0.2, 0.25) is 0 Å². The van der Waals surface area contributed by atoms with Crippen molar-refractivity contribution in [3.63, 3.8) is 0 Å². The highest BCUT2D eigenvalue weighted by Crippen LogP contribution is 2.29. The molecular formula is C16H22N6OS. The summed E-state index contributed by atoms with van der Waals surface area (Å²) in [6.45, 7) is 4.56. The molecule has 3 heterocycles. The number of hydrogen-bond donors (Lipinski definition) is 2. The molecule has 0 aromatic carbocycles. The van der Waals surface area contributed by atoms with Gasteiger partial charge >= 0.3 is 0 Å². The molecule has 8 heteroatoms. The summed E-state index contributed by atoms with van der Waals surface area (Å²) in [4.78, 5) is 16.1. The highest BCUT2D eigenvalue weighted by molar-refractivity contribution is 7.99. The van der Waals surface area contributed by atoms with Gasteiger partial charge in [-0.3, -0.25) is 4.79 Å². The fraction of sp³-hybridized carbons (Fsp3) is 0.500. The van der Waals surface area contributed by atoms with Gasteiger partial charge in [-0.15, -0.1) is 10.2 Å². The van der Waals surface area contributed by atoms with Crippen LogP contribution < -0.4 is 10.6 Å². The van der Waals surface area contributed by atoms with E-state index in [1.165, 1.54) is 11.8 Å². The molecule has 1 aliphatic rings. The Bertz CT molecular complexity index is 693. The lowest BCUT2D eigenvalue weighted by atomic mass is 9.97. The van der Waals surface area contributed by atoms with Gasteiger partial charge in [-0.2, -0.15) is 0 Å². The molecule has 1 fully saturated rings. The van der Waals surface area contributed by atoms with Gasteiger partial charge in [0.1, 0.15) is 10.9 Å². The largest absolute Gasteiger partial charge is 0.352 e. The second kappa shape index (κ2) is 7.76. The summed E-state index contributed by atoms with van der Waals surface area (Å²) >= 11 is 1.46. The van der Waals surface area contributed by atoms with E-state index in [2.05, 4.69) is 30.4 Å². The normalized spacial score (nSPS) is 15.4. The van der Waals surface area contributed by atoms with E-state index in [1.807, 2.05) is 20.0 Å². The monoisotopic (exact) mass is 346 g/mol. The number of nitrogens with one attached hydrogen (secondary N) is 2. The molecule has 1 aliphatic heterocycles. The van der Waals surface area contributed by atoms with Crippen LogP contribution in [0.1, 0.15) is 41.9 Å². The van der Waals surface area contributed by atoms with Gasteiger partial charge in [0.05, 0.1) is 5.56 Å². The zero-order valence-electron chi connectivity index (χ0n) is 14.0. The third kappa shape index (κ3) is 3.76. The van der Waals surface area contributed by atoms with Crippen molar-refractivity contribution in [3.8, 4) is 0 Å². The van der Waals surface area contributed by atoms with Crippen LogP contribution in [0.5, 0.6) is 0 Å². The van der Waals surface area contributed by atoms with Crippen LogP contribution in [-0.4, -0.2) is 45.3 Å². The van der Waals surface area contributed by atoms with Crippen molar-refractivity contribution >= 4 is 17.7 Å². The minimum atomic E-state index is -0.103. The number of amides is 1. The van der Waals surface area contributed by atoms with Crippen molar-refractivity contribution in [2.45, 2.75) is 35.9 Å². The van der Waals surface area contributed by atoms with Gasteiger partial charge in [0.25, 0.3) is 5.91 Å². The molecule has 0 saturated carbocycles. The van der Waals surface area contributed by atoms with Gasteiger partial charge in [-0.05, 0) is 56.7 Å². The molecule has 2 N–H and O–H groups in total. The van der Waals surface area contributed by atoms with Crippen molar-refractivity contribution in [2.75, 3.05) is 19.6 Å². The highest BCUT2D eigenvalue weighted by atomic mass is 32.2. The quantitative estimate of drug-likeness (QED) is 0.855. The predicted octanol–water partition coefficient (Wildman–Crippen LogP) is 1.58. The van der Waals surface area contributed by atoms with Crippen molar-refractivity contribution < 1.29 is 4.79 Å². The van der Waals surface area contributed by atoms with Gasteiger partial charge in [-0.1, -0.05) is 0 Å². The topological polar surface area (TPSA) is 84.7 Å². The van der Waals surface area contributed by atoms with Crippen LogP contribution in [0.25, 0.3) is 0 Å². The van der Waals surface area contributed by atoms with E-state index in [4.69, 9.17) is 0 Å². The van der Waals surface area contributed by atoms with Crippen LogP contribution in [0.3, 0.4) is 0 Å². The summed E-state index contributed by atoms with van der Waals surface area (Å²) in [5.74, 6) is 1.40. The SMILES string of the molecule is CCNC(=O)c1ccc(Sc2nnc(C3CCNCC3)n2C)nc1. The number of carbonyl (C=O) groups excluding carboxylic acids is 1. The third-order valence-electron chi connectivity index (χ3n) is 4.10. The Labute approximate surface area is 145 Å². The lowest BCUT2D eigenvalue weighted by Crippen LogP contribution is -2.27. The molecule has 0 radical (unpaired) electrons. The summed E-state index contributed by atoms with van der Waals surface area (Å²) in [7, 11) is 2.00. The second-order valence-corrected chi connectivity index (χ2v) is 6.76. The van der Waals surface area contributed by atoms with E-state index in [1.54, 1.807) is 12.3 Å². The summed E-state index contributed by atoms with van der Waals surface area (Å²) in [6, 6.07) is 3.62. The van der Waals surface area contributed by atoms with Gasteiger partial charge in [0.2, 0.25) is 0 Å². The molecule has 2 aromatic heterocycles. The average molecular weight is 346 g/mol. The van der Waals surface area contributed by atoms with Crippen LogP contribution >= 0.6 is 11.8 Å². The van der Waals surface area contributed by atoms with Gasteiger partial charge in [0, 0.05) is 25.7 Å². The maximum Gasteiger partial charge on any atom is 0.252 e. The number of rotatable bonds is 5. The Hall–Kier alpha value is -1.93. The van der Waals surface area contributed by atoms with Crippen molar-refractivity contribution in [1.82, 2.24) is 30.4 Å². The molecule has 2 aromatic rings. The third-order valence-corrected chi connectivity index (χ3v) is 5.09. The first kappa shape index (κ1) is 16.9. The maximum absolute atomic E-state index is 11.8. The molecule has 7 nitrogen and oxygen atoms in total. The molecule has 0 bridgehead atoms. The molecule has 0 aliphatic carbocycles. The molecule has 128 valence electrons.